The van der Waals surface area contributed by atoms with Gasteiger partial charge < -0.3 is 15.5 Å². The van der Waals surface area contributed by atoms with Crippen molar-refractivity contribution in [1.29, 1.82) is 0 Å². The second-order valence-electron chi connectivity index (χ2n) is 5.07. The van der Waals surface area contributed by atoms with E-state index in [1.807, 2.05) is 0 Å². The second-order valence-corrected chi connectivity index (χ2v) is 5.07. The van der Waals surface area contributed by atoms with Crippen LogP contribution in [0.3, 0.4) is 0 Å². The van der Waals surface area contributed by atoms with Crippen molar-refractivity contribution in [2.75, 3.05) is 0 Å². The van der Waals surface area contributed by atoms with Crippen LogP contribution in [0.15, 0.2) is 18.5 Å². The lowest BCUT2D eigenvalue weighted by atomic mass is 9.85. The number of carboxylic acids is 1. The van der Waals surface area contributed by atoms with Gasteiger partial charge in [-0.3, -0.25) is 14.6 Å². The molecule has 1 aliphatic carbocycles. The third kappa shape index (κ3) is 2.52. The van der Waals surface area contributed by atoms with Crippen LogP contribution in [-0.2, 0) is 4.79 Å². The van der Waals surface area contributed by atoms with Crippen molar-refractivity contribution in [1.82, 2.24) is 10.3 Å². The van der Waals surface area contributed by atoms with Crippen LogP contribution in [0.5, 0.6) is 5.75 Å². The zero-order valence-corrected chi connectivity index (χ0v) is 10.6. The molecule has 102 valence electrons. The molecule has 0 bridgehead atoms. The highest BCUT2D eigenvalue weighted by Gasteiger charge is 2.45. The topological polar surface area (TPSA) is 99.5 Å². The lowest BCUT2D eigenvalue weighted by Crippen LogP contribution is -2.47. The monoisotopic (exact) mass is 264 g/mol. The summed E-state index contributed by atoms with van der Waals surface area (Å²) in [6.07, 6.45) is 4.52. The number of carboxylic acid groups (broad SMARTS) is 1. The Kier molecular flexibility index (Phi) is 3.42. The largest absolute Gasteiger partial charge is 0.506 e. The van der Waals surface area contributed by atoms with Gasteiger partial charge in [-0.05, 0) is 25.8 Å². The standard InChI is InChI=1S/C13H16N2O4/c1-13(12(18)19)4-2-3-10(13)15-11(17)8-5-9(16)7-14-6-8/h5-7,10,16H,2-4H2,1H3,(H,15,17)(H,18,19). The normalized spacial score (nSPS) is 26.1. The number of hydrogen-bond donors (Lipinski definition) is 3. The minimum absolute atomic E-state index is 0.0972. The minimum atomic E-state index is -0.931. The van der Waals surface area contributed by atoms with Gasteiger partial charge in [0.1, 0.15) is 5.75 Å². The number of pyridine rings is 1. The van der Waals surface area contributed by atoms with Gasteiger partial charge in [0.05, 0.1) is 17.2 Å². The van der Waals surface area contributed by atoms with E-state index in [0.717, 1.165) is 6.42 Å². The van der Waals surface area contributed by atoms with Crippen molar-refractivity contribution in [3.05, 3.63) is 24.0 Å². The first-order valence-corrected chi connectivity index (χ1v) is 6.12. The van der Waals surface area contributed by atoms with Gasteiger partial charge >= 0.3 is 5.97 Å². The average Bonchev–Trinajstić information content (AvgIpc) is 2.72. The highest BCUT2D eigenvalue weighted by molar-refractivity contribution is 5.95. The molecule has 1 saturated carbocycles. The first kappa shape index (κ1) is 13.3. The molecule has 1 fully saturated rings. The predicted molar refractivity (Wildman–Crippen MR) is 66.7 cm³/mol. The van der Waals surface area contributed by atoms with E-state index < -0.39 is 23.3 Å². The molecule has 1 aromatic heterocycles. The number of aliphatic carboxylic acids is 1. The Balaban J connectivity index is 2.13. The lowest BCUT2D eigenvalue weighted by molar-refractivity contribution is -0.148. The molecule has 1 amide bonds. The summed E-state index contributed by atoms with van der Waals surface area (Å²) in [5, 5.41) is 21.3. The van der Waals surface area contributed by atoms with Crippen LogP contribution in [0.1, 0.15) is 36.5 Å². The zero-order valence-electron chi connectivity index (χ0n) is 10.6. The van der Waals surface area contributed by atoms with Gasteiger partial charge in [0.15, 0.2) is 0 Å². The van der Waals surface area contributed by atoms with Gasteiger partial charge in [0.25, 0.3) is 5.91 Å². The molecular formula is C13H16N2O4. The molecule has 1 aliphatic rings. The molecule has 6 heteroatoms. The van der Waals surface area contributed by atoms with Crippen LogP contribution >= 0.6 is 0 Å². The molecule has 3 N–H and O–H groups in total. The van der Waals surface area contributed by atoms with Crippen molar-refractivity contribution in [3.8, 4) is 5.75 Å². The number of aromatic nitrogens is 1. The van der Waals surface area contributed by atoms with Crippen molar-refractivity contribution in [2.24, 2.45) is 5.41 Å². The highest BCUT2D eigenvalue weighted by Crippen LogP contribution is 2.38. The van der Waals surface area contributed by atoms with E-state index in [2.05, 4.69) is 10.3 Å². The van der Waals surface area contributed by atoms with E-state index in [-0.39, 0.29) is 11.3 Å². The highest BCUT2D eigenvalue weighted by atomic mass is 16.4. The molecule has 1 heterocycles. The van der Waals surface area contributed by atoms with Crippen LogP contribution in [-0.4, -0.2) is 33.1 Å². The number of amides is 1. The Morgan fingerprint density at radius 1 is 1.47 bits per heavy atom. The third-order valence-electron chi connectivity index (χ3n) is 3.74. The Hall–Kier alpha value is -2.11. The summed E-state index contributed by atoms with van der Waals surface area (Å²) >= 11 is 0. The van der Waals surface area contributed by atoms with Crippen molar-refractivity contribution >= 4 is 11.9 Å². The predicted octanol–water partition coefficient (Wildman–Crippen LogP) is 1.16. The third-order valence-corrected chi connectivity index (χ3v) is 3.74. The van der Waals surface area contributed by atoms with E-state index in [1.165, 1.54) is 18.5 Å². The SMILES string of the molecule is CC1(C(=O)O)CCCC1NC(=O)c1cncc(O)c1. The quantitative estimate of drug-likeness (QED) is 0.760. The number of aromatic hydroxyl groups is 1. The van der Waals surface area contributed by atoms with Crippen LogP contribution in [0.4, 0.5) is 0 Å². The maximum Gasteiger partial charge on any atom is 0.311 e. The number of nitrogens with one attached hydrogen (secondary N) is 1. The number of nitrogens with zero attached hydrogens (tertiary/aromatic N) is 1. The van der Waals surface area contributed by atoms with E-state index in [9.17, 15) is 19.8 Å². The summed E-state index contributed by atoms with van der Waals surface area (Å²) in [5.41, 5.74) is -0.709. The van der Waals surface area contributed by atoms with Crippen LogP contribution in [0.25, 0.3) is 0 Å². The smallest absolute Gasteiger partial charge is 0.311 e. The summed E-state index contributed by atoms with van der Waals surface area (Å²) in [6.45, 7) is 1.65. The fourth-order valence-corrected chi connectivity index (χ4v) is 2.45. The summed E-state index contributed by atoms with van der Waals surface area (Å²) < 4.78 is 0. The van der Waals surface area contributed by atoms with Gasteiger partial charge in [-0.1, -0.05) is 6.42 Å². The molecule has 1 aromatic rings. The first-order chi connectivity index (χ1) is 8.93. The maximum absolute atomic E-state index is 12.0. The van der Waals surface area contributed by atoms with Crippen molar-refractivity contribution in [3.63, 3.8) is 0 Å². The van der Waals surface area contributed by atoms with Gasteiger partial charge in [0.2, 0.25) is 0 Å². The fourth-order valence-electron chi connectivity index (χ4n) is 2.45. The number of carbonyl (C=O) groups excluding carboxylic acids is 1. The Labute approximate surface area is 110 Å². The van der Waals surface area contributed by atoms with E-state index in [4.69, 9.17) is 0 Å². The van der Waals surface area contributed by atoms with Crippen LogP contribution in [0, 0.1) is 5.41 Å². The maximum atomic E-state index is 12.0. The summed E-state index contributed by atoms with van der Waals surface area (Å²) in [4.78, 5) is 27.0. The van der Waals surface area contributed by atoms with E-state index in [0.29, 0.717) is 12.8 Å². The first-order valence-electron chi connectivity index (χ1n) is 6.12. The number of carbonyl (C=O) groups is 2. The molecule has 0 aliphatic heterocycles. The van der Waals surface area contributed by atoms with Gasteiger partial charge in [-0.15, -0.1) is 0 Å². The van der Waals surface area contributed by atoms with Crippen molar-refractivity contribution < 1.29 is 19.8 Å². The number of rotatable bonds is 3. The molecule has 6 nitrogen and oxygen atoms in total. The van der Waals surface area contributed by atoms with Gasteiger partial charge in [-0.2, -0.15) is 0 Å². The Bertz CT molecular complexity index is 517. The van der Waals surface area contributed by atoms with E-state index in [1.54, 1.807) is 6.92 Å². The van der Waals surface area contributed by atoms with E-state index >= 15 is 0 Å². The molecule has 2 atom stereocenters. The van der Waals surface area contributed by atoms with Gasteiger partial charge in [0, 0.05) is 12.2 Å². The summed E-state index contributed by atoms with van der Waals surface area (Å²) in [5.74, 6) is -1.41. The number of hydrogen-bond acceptors (Lipinski definition) is 4. The molecule has 0 saturated heterocycles. The Morgan fingerprint density at radius 2 is 2.21 bits per heavy atom. The minimum Gasteiger partial charge on any atom is -0.506 e. The molecule has 0 radical (unpaired) electrons. The lowest BCUT2D eigenvalue weighted by Gasteiger charge is -2.27. The summed E-state index contributed by atoms with van der Waals surface area (Å²) in [7, 11) is 0. The van der Waals surface area contributed by atoms with Crippen LogP contribution in [0.2, 0.25) is 0 Å². The molecule has 2 rings (SSSR count). The summed E-state index contributed by atoms with van der Waals surface area (Å²) in [6, 6.07) is 0.898. The Morgan fingerprint density at radius 3 is 2.84 bits per heavy atom. The van der Waals surface area contributed by atoms with Crippen molar-refractivity contribution in [2.45, 2.75) is 32.2 Å². The molecule has 0 spiro atoms. The molecular weight excluding hydrogens is 248 g/mol. The fraction of sp³-hybridized carbons (Fsp3) is 0.462. The zero-order chi connectivity index (χ0) is 14.0. The van der Waals surface area contributed by atoms with Crippen LogP contribution < -0.4 is 5.32 Å². The molecule has 0 aromatic carbocycles. The second kappa shape index (κ2) is 4.87. The molecule has 2 unspecified atom stereocenters. The average molecular weight is 264 g/mol. The van der Waals surface area contributed by atoms with Gasteiger partial charge in [-0.25, -0.2) is 0 Å². The molecule has 19 heavy (non-hydrogen) atoms.